The van der Waals surface area contributed by atoms with E-state index in [0.717, 1.165) is 30.4 Å². The Morgan fingerprint density at radius 1 is 1.43 bits per heavy atom. The van der Waals surface area contributed by atoms with Gasteiger partial charge in [0.1, 0.15) is 11.7 Å². The van der Waals surface area contributed by atoms with Crippen molar-refractivity contribution in [3.8, 4) is 0 Å². The number of anilines is 1. The van der Waals surface area contributed by atoms with E-state index in [1.165, 1.54) is 19.0 Å². The molecule has 8 heteroatoms. The summed E-state index contributed by atoms with van der Waals surface area (Å²) in [5.41, 5.74) is -0.521. The van der Waals surface area contributed by atoms with Gasteiger partial charge >= 0.3 is 5.97 Å². The zero-order chi connectivity index (χ0) is 16.4. The molecule has 0 bridgehead atoms. The molecule has 0 amide bonds. The van der Waals surface area contributed by atoms with E-state index in [1.54, 1.807) is 0 Å². The molecule has 3 rings (SSSR count). The smallest absolute Gasteiger partial charge is 0.323 e. The molecule has 126 valence electrons. The Hall–Kier alpha value is -1.60. The SMILES string of the molecule is O=C(O)Cn1c(Cl)cnc(N[C@H]2CCC[C@@H]2OCC2CC2)c1=O. The largest absolute Gasteiger partial charge is 0.480 e. The second-order valence-corrected chi connectivity index (χ2v) is 6.60. The third-order valence-electron chi connectivity index (χ3n) is 4.32. The molecule has 1 aromatic rings. The minimum atomic E-state index is -1.13. The van der Waals surface area contributed by atoms with E-state index in [-0.39, 0.29) is 23.1 Å². The average molecular weight is 342 g/mol. The molecule has 0 radical (unpaired) electrons. The van der Waals surface area contributed by atoms with Crippen LogP contribution in [-0.4, -0.2) is 39.4 Å². The Labute approximate surface area is 138 Å². The van der Waals surface area contributed by atoms with Crippen LogP contribution in [0.3, 0.4) is 0 Å². The predicted octanol–water partition coefficient (Wildman–Crippen LogP) is 1.74. The summed E-state index contributed by atoms with van der Waals surface area (Å²) in [6.07, 6.45) is 6.74. The summed E-state index contributed by atoms with van der Waals surface area (Å²) < 4.78 is 6.95. The molecule has 23 heavy (non-hydrogen) atoms. The summed E-state index contributed by atoms with van der Waals surface area (Å²) in [6, 6.07) is 0.0217. The van der Waals surface area contributed by atoms with Crippen molar-refractivity contribution in [1.82, 2.24) is 9.55 Å². The van der Waals surface area contributed by atoms with Crippen LogP contribution in [0.15, 0.2) is 11.0 Å². The highest BCUT2D eigenvalue weighted by molar-refractivity contribution is 6.29. The highest BCUT2D eigenvalue weighted by atomic mass is 35.5. The maximum absolute atomic E-state index is 12.3. The van der Waals surface area contributed by atoms with Crippen molar-refractivity contribution in [1.29, 1.82) is 0 Å². The van der Waals surface area contributed by atoms with E-state index < -0.39 is 18.1 Å². The van der Waals surface area contributed by atoms with Gasteiger partial charge in [-0.05, 0) is 38.0 Å². The van der Waals surface area contributed by atoms with Gasteiger partial charge in [0, 0.05) is 6.61 Å². The number of ether oxygens (including phenoxy) is 1. The van der Waals surface area contributed by atoms with Crippen LogP contribution in [0, 0.1) is 5.92 Å². The highest BCUT2D eigenvalue weighted by Gasteiger charge is 2.31. The maximum Gasteiger partial charge on any atom is 0.323 e. The fourth-order valence-electron chi connectivity index (χ4n) is 2.86. The van der Waals surface area contributed by atoms with Gasteiger partial charge in [0.05, 0.1) is 18.3 Å². The maximum atomic E-state index is 12.3. The molecule has 2 aliphatic carbocycles. The Balaban J connectivity index is 1.71. The number of nitrogens with one attached hydrogen (secondary N) is 1. The standard InChI is InChI=1S/C15H20ClN3O4/c16-12-6-17-14(15(22)19(12)7-13(20)21)18-10-2-1-3-11(10)23-8-9-4-5-9/h6,9-11H,1-5,7-8H2,(H,17,18)(H,20,21)/t10-,11-/m0/s1. The second kappa shape index (κ2) is 6.88. The zero-order valence-electron chi connectivity index (χ0n) is 12.7. The highest BCUT2D eigenvalue weighted by Crippen LogP contribution is 2.32. The first-order valence-electron chi connectivity index (χ1n) is 7.90. The molecule has 2 saturated carbocycles. The lowest BCUT2D eigenvalue weighted by Crippen LogP contribution is -2.36. The fourth-order valence-corrected chi connectivity index (χ4v) is 3.04. The number of carbonyl (C=O) groups is 1. The van der Waals surface area contributed by atoms with Crippen molar-refractivity contribution in [3.05, 3.63) is 21.7 Å². The van der Waals surface area contributed by atoms with Crippen LogP contribution in [0.25, 0.3) is 0 Å². The van der Waals surface area contributed by atoms with Gasteiger partial charge in [-0.25, -0.2) is 4.98 Å². The lowest BCUT2D eigenvalue weighted by Gasteiger charge is -2.22. The minimum Gasteiger partial charge on any atom is -0.480 e. The fraction of sp³-hybridized carbons (Fsp3) is 0.667. The summed E-state index contributed by atoms with van der Waals surface area (Å²) in [7, 11) is 0. The van der Waals surface area contributed by atoms with E-state index in [0.29, 0.717) is 5.92 Å². The number of carboxylic acids is 1. The van der Waals surface area contributed by atoms with Crippen molar-refractivity contribution < 1.29 is 14.6 Å². The van der Waals surface area contributed by atoms with Crippen LogP contribution >= 0.6 is 11.6 Å². The van der Waals surface area contributed by atoms with Crippen LogP contribution in [0.2, 0.25) is 5.15 Å². The van der Waals surface area contributed by atoms with E-state index >= 15 is 0 Å². The normalized spacial score (nSPS) is 23.9. The number of carboxylic acid groups (broad SMARTS) is 1. The van der Waals surface area contributed by atoms with Gasteiger partial charge in [0.25, 0.3) is 5.56 Å². The molecular formula is C15H20ClN3O4. The third-order valence-corrected chi connectivity index (χ3v) is 4.62. The Bertz CT molecular complexity index is 644. The monoisotopic (exact) mass is 341 g/mol. The van der Waals surface area contributed by atoms with Gasteiger partial charge in [0.15, 0.2) is 5.82 Å². The third kappa shape index (κ3) is 4.03. The van der Waals surface area contributed by atoms with Gasteiger partial charge in [-0.3, -0.25) is 14.2 Å². The predicted molar refractivity (Wildman–Crippen MR) is 84.9 cm³/mol. The second-order valence-electron chi connectivity index (χ2n) is 6.21. The molecule has 2 aliphatic rings. The molecule has 0 spiro atoms. The lowest BCUT2D eigenvalue weighted by molar-refractivity contribution is -0.137. The topological polar surface area (TPSA) is 93.4 Å². The quantitative estimate of drug-likeness (QED) is 0.784. The molecule has 1 aromatic heterocycles. The van der Waals surface area contributed by atoms with Crippen molar-refractivity contribution in [2.45, 2.75) is 50.8 Å². The Morgan fingerprint density at radius 3 is 2.91 bits per heavy atom. The van der Waals surface area contributed by atoms with Gasteiger partial charge in [-0.15, -0.1) is 0 Å². The number of halogens is 1. The molecule has 1 heterocycles. The summed E-state index contributed by atoms with van der Waals surface area (Å²) >= 11 is 5.87. The number of aliphatic carboxylic acids is 1. The lowest BCUT2D eigenvalue weighted by atomic mass is 10.2. The molecule has 2 fully saturated rings. The van der Waals surface area contributed by atoms with Crippen LogP contribution in [0.4, 0.5) is 5.82 Å². The minimum absolute atomic E-state index is 0.0101. The number of rotatable bonds is 7. The van der Waals surface area contributed by atoms with Crippen molar-refractivity contribution in [2.24, 2.45) is 5.92 Å². The van der Waals surface area contributed by atoms with Crippen LogP contribution in [0.5, 0.6) is 0 Å². The van der Waals surface area contributed by atoms with Crippen molar-refractivity contribution in [2.75, 3.05) is 11.9 Å². The van der Waals surface area contributed by atoms with Crippen LogP contribution in [-0.2, 0) is 16.1 Å². The molecular weight excluding hydrogens is 322 g/mol. The molecule has 0 saturated heterocycles. The van der Waals surface area contributed by atoms with Gasteiger partial charge < -0.3 is 15.2 Å². The Kier molecular flexibility index (Phi) is 4.87. The summed E-state index contributed by atoms with van der Waals surface area (Å²) in [6.45, 7) is 0.293. The number of hydrogen-bond donors (Lipinski definition) is 2. The van der Waals surface area contributed by atoms with Gasteiger partial charge in [-0.2, -0.15) is 0 Å². The number of nitrogens with zero attached hydrogens (tertiary/aromatic N) is 2. The van der Waals surface area contributed by atoms with Gasteiger partial charge in [0.2, 0.25) is 0 Å². The molecule has 0 aliphatic heterocycles. The Morgan fingerprint density at radius 2 is 2.22 bits per heavy atom. The van der Waals surface area contributed by atoms with E-state index in [1.807, 2.05) is 0 Å². The van der Waals surface area contributed by atoms with Crippen molar-refractivity contribution in [3.63, 3.8) is 0 Å². The number of aromatic nitrogens is 2. The zero-order valence-corrected chi connectivity index (χ0v) is 13.5. The molecule has 0 aromatic carbocycles. The molecule has 0 unspecified atom stereocenters. The average Bonchev–Trinajstić information content (AvgIpc) is 3.23. The van der Waals surface area contributed by atoms with Crippen LogP contribution in [0.1, 0.15) is 32.1 Å². The first-order chi connectivity index (χ1) is 11.0. The first-order valence-corrected chi connectivity index (χ1v) is 8.27. The molecule has 2 N–H and O–H groups in total. The summed E-state index contributed by atoms with van der Waals surface area (Å²) in [5, 5.41) is 12.0. The van der Waals surface area contributed by atoms with Gasteiger partial charge in [-0.1, -0.05) is 11.6 Å². The van der Waals surface area contributed by atoms with E-state index in [4.69, 9.17) is 21.4 Å². The molecule has 7 nitrogen and oxygen atoms in total. The number of hydrogen-bond acceptors (Lipinski definition) is 5. The van der Waals surface area contributed by atoms with Crippen LogP contribution < -0.4 is 10.9 Å². The molecule has 2 atom stereocenters. The van der Waals surface area contributed by atoms with Crippen molar-refractivity contribution >= 4 is 23.4 Å². The van der Waals surface area contributed by atoms with E-state index in [9.17, 15) is 9.59 Å². The summed E-state index contributed by atoms with van der Waals surface area (Å²) in [4.78, 5) is 27.2. The summed E-state index contributed by atoms with van der Waals surface area (Å²) in [5.74, 6) is -0.307. The van der Waals surface area contributed by atoms with E-state index in [2.05, 4.69) is 10.3 Å². The first kappa shape index (κ1) is 16.3.